The predicted octanol–water partition coefficient (Wildman–Crippen LogP) is 0.270. The maximum Gasteiger partial charge on any atom is 0.243 e. The van der Waals surface area contributed by atoms with Gasteiger partial charge in [-0.05, 0) is 31.2 Å². The molecule has 0 bridgehead atoms. The van der Waals surface area contributed by atoms with Crippen molar-refractivity contribution in [3.8, 4) is 0 Å². The standard InChI is InChI=1S/C10H16N2O3S/c1-8(7-13)12(2)16(14,15)10-5-3-9(11)4-6-10/h3-6,8,13H,7,11H2,1-2H3. The van der Waals surface area contributed by atoms with Crippen molar-refractivity contribution in [2.45, 2.75) is 17.9 Å². The van der Waals surface area contributed by atoms with Crippen molar-refractivity contribution >= 4 is 15.7 Å². The average molecular weight is 244 g/mol. The molecule has 6 heteroatoms. The summed E-state index contributed by atoms with van der Waals surface area (Å²) in [6, 6.07) is 5.51. The Balaban J connectivity index is 3.07. The molecule has 0 aromatic heterocycles. The highest BCUT2D eigenvalue weighted by Gasteiger charge is 2.24. The van der Waals surface area contributed by atoms with Gasteiger partial charge in [0, 0.05) is 18.8 Å². The highest BCUT2D eigenvalue weighted by atomic mass is 32.2. The lowest BCUT2D eigenvalue weighted by atomic mass is 10.3. The summed E-state index contributed by atoms with van der Waals surface area (Å²) < 4.78 is 25.2. The van der Waals surface area contributed by atoms with Gasteiger partial charge in [-0.1, -0.05) is 0 Å². The molecular formula is C10H16N2O3S. The van der Waals surface area contributed by atoms with Gasteiger partial charge in [-0.2, -0.15) is 4.31 Å². The van der Waals surface area contributed by atoms with Crippen LogP contribution in [-0.4, -0.2) is 37.5 Å². The first-order valence-corrected chi connectivity index (χ1v) is 6.28. The van der Waals surface area contributed by atoms with Crippen LogP contribution in [0.2, 0.25) is 0 Å². The van der Waals surface area contributed by atoms with E-state index in [4.69, 9.17) is 10.8 Å². The fourth-order valence-electron chi connectivity index (χ4n) is 1.16. The van der Waals surface area contributed by atoms with Gasteiger partial charge in [0.25, 0.3) is 0 Å². The van der Waals surface area contributed by atoms with Crippen molar-refractivity contribution in [1.82, 2.24) is 4.31 Å². The maximum atomic E-state index is 12.0. The molecule has 3 N–H and O–H groups in total. The van der Waals surface area contributed by atoms with Crippen molar-refractivity contribution in [3.05, 3.63) is 24.3 Å². The molecule has 0 amide bonds. The van der Waals surface area contributed by atoms with Crippen molar-refractivity contribution in [2.75, 3.05) is 19.4 Å². The average Bonchev–Trinajstić information content (AvgIpc) is 2.27. The van der Waals surface area contributed by atoms with Crippen molar-refractivity contribution in [3.63, 3.8) is 0 Å². The van der Waals surface area contributed by atoms with Crippen LogP contribution in [0.1, 0.15) is 6.92 Å². The number of nitrogens with two attached hydrogens (primary N) is 1. The first kappa shape index (κ1) is 13.0. The first-order valence-electron chi connectivity index (χ1n) is 4.84. The van der Waals surface area contributed by atoms with Crippen LogP contribution in [0.15, 0.2) is 29.2 Å². The second-order valence-electron chi connectivity index (χ2n) is 3.62. The van der Waals surface area contributed by atoms with Gasteiger partial charge in [-0.25, -0.2) is 8.42 Å². The molecule has 0 spiro atoms. The number of sulfonamides is 1. The van der Waals surface area contributed by atoms with E-state index in [2.05, 4.69) is 0 Å². The molecule has 0 aliphatic heterocycles. The molecule has 1 rings (SSSR count). The molecule has 0 saturated carbocycles. The van der Waals surface area contributed by atoms with Crippen LogP contribution in [0.3, 0.4) is 0 Å². The second kappa shape index (κ2) is 4.82. The largest absolute Gasteiger partial charge is 0.399 e. The van der Waals surface area contributed by atoms with Crippen LogP contribution in [0.25, 0.3) is 0 Å². The second-order valence-corrected chi connectivity index (χ2v) is 5.62. The molecule has 0 aliphatic rings. The summed E-state index contributed by atoms with van der Waals surface area (Å²) in [5.41, 5.74) is 5.99. The molecule has 0 radical (unpaired) electrons. The molecule has 1 aromatic rings. The van der Waals surface area contributed by atoms with E-state index in [1.54, 1.807) is 6.92 Å². The lowest BCUT2D eigenvalue weighted by molar-refractivity contribution is 0.214. The molecule has 16 heavy (non-hydrogen) atoms. The number of nitrogens with zero attached hydrogens (tertiary/aromatic N) is 1. The molecule has 5 nitrogen and oxygen atoms in total. The topological polar surface area (TPSA) is 83.6 Å². The summed E-state index contributed by atoms with van der Waals surface area (Å²) >= 11 is 0. The van der Waals surface area contributed by atoms with E-state index in [1.807, 2.05) is 0 Å². The van der Waals surface area contributed by atoms with E-state index >= 15 is 0 Å². The molecule has 0 fully saturated rings. The van der Waals surface area contributed by atoms with Crippen LogP contribution >= 0.6 is 0 Å². The monoisotopic (exact) mass is 244 g/mol. The van der Waals surface area contributed by atoms with E-state index < -0.39 is 16.1 Å². The predicted molar refractivity (Wildman–Crippen MR) is 62.4 cm³/mol. The minimum atomic E-state index is -3.55. The van der Waals surface area contributed by atoms with Gasteiger partial charge in [-0.3, -0.25) is 0 Å². The van der Waals surface area contributed by atoms with E-state index in [0.29, 0.717) is 5.69 Å². The SMILES string of the molecule is CC(CO)N(C)S(=O)(=O)c1ccc(N)cc1. The number of aliphatic hydroxyl groups excluding tert-OH is 1. The Morgan fingerprint density at radius 2 is 1.88 bits per heavy atom. The van der Waals surface area contributed by atoms with Crippen LogP contribution < -0.4 is 5.73 Å². The highest BCUT2D eigenvalue weighted by molar-refractivity contribution is 7.89. The Hall–Kier alpha value is -1.11. The minimum Gasteiger partial charge on any atom is -0.399 e. The highest BCUT2D eigenvalue weighted by Crippen LogP contribution is 2.17. The van der Waals surface area contributed by atoms with E-state index in [9.17, 15) is 8.42 Å². The lowest BCUT2D eigenvalue weighted by Crippen LogP contribution is -2.37. The Kier molecular flexibility index (Phi) is 3.90. The Bertz CT molecular complexity index is 442. The van der Waals surface area contributed by atoms with Gasteiger partial charge in [0.05, 0.1) is 11.5 Å². The van der Waals surface area contributed by atoms with Crippen LogP contribution in [0, 0.1) is 0 Å². The molecule has 1 atom stereocenters. The van der Waals surface area contributed by atoms with Crippen LogP contribution in [-0.2, 0) is 10.0 Å². The van der Waals surface area contributed by atoms with Gasteiger partial charge < -0.3 is 10.8 Å². The number of hydrogen-bond donors (Lipinski definition) is 2. The number of hydrogen-bond acceptors (Lipinski definition) is 4. The summed E-state index contributed by atoms with van der Waals surface area (Å²) in [6.45, 7) is 1.42. The Labute approximate surface area is 95.5 Å². The molecule has 90 valence electrons. The zero-order valence-electron chi connectivity index (χ0n) is 9.29. The number of nitrogen functional groups attached to an aromatic ring is 1. The smallest absolute Gasteiger partial charge is 0.243 e. The summed E-state index contributed by atoms with van der Waals surface area (Å²) in [5, 5.41) is 8.93. The van der Waals surface area contributed by atoms with Crippen molar-refractivity contribution in [2.24, 2.45) is 0 Å². The molecule has 0 heterocycles. The van der Waals surface area contributed by atoms with Crippen molar-refractivity contribution in [1.29, 1.82) is 0 Å². The number of aliphatic hydroxyl groups is 1. The molecule has 0 saturated heterocycles. The number of benzene rings is 1. The number of likely N-dealkylation sites (N-methyl/N-ethyl adjacent to an activating group) is 1. The molecule has 1 unspecified atom stereocenters. The van der Waals surface area contributed by atoms with Gasteiger partial charge in [0.1, 0.15) is 0 Å². The molecular weight excluding hydrogens is 228 g/mol. The van der Waals surface area contributed by atoms with Crippen LogP contribution in [0.4, 0.5) is 5.69 Å². The third kappa shape index (κ3) is 2.52. The summed E-state index contributed by atoms with van der Waals surface area (Å²) in [7, 11) is -2.11. The number of rotatable bonds is 4. The zero-order chi connectivity index (χ0) is 12.3. The fourth-order valence-corrected chi connectivity index (χ4v) is 2.51. The van der Waals surface area contributed by atoms with Gasteiger partial charge in [0.2, 0.25) is 10.0 Å². The Morgan fingerprint density at radius 1 is 1.38 bits per heavy atom. The lowest BCUT2D eigenvalue weighted by Gasteiger charge is -2.22. The van der Waals surface area contributed by atoms with E-state index in [1.165, 1.54) is 31.3 Å². The third-order valence-electron chi connectivity index (χ3n) is 2.44. The normalized spacial score (nSPS) is 14.0. The zero-order valence-corrected chi connectivity index (χ0v) is 10.1. The van der Waals surface area contributed by atoms with Gasteiger partial charge >= 0.3 is 0 Å². The van der Waals surface area contributed by atoms with Gasteiger partial charge in [0.15, 0.2) is 0 Å². The number of anilines is 1. The first-order chi connectivity index (χ1) is 7.39. The van der Waals surface area contributed by atoms with Crippen molar-refractivity contribution < 1.29 is 13.5 Å². The fraction of sp³-hybridized carbons (Fsp3) is 0.400. The molecule has 0 aliphatic carbocycles. The quantitative estimate of drug-likeness (QED) is 0.745. The van der Waals surface area contributed by atoms with Gasteiger partial charge in [-0.15, -0.1) is 0 Å². The summed E-state index contributed by atoms with van der Waals surface area (Å²) in [4.78, 5) is 0.171. The van der Waals surface area contributed by atoms with Crippen LogP contribution in [0.5, 0.6) is 0 Å². The third-order valence-corrected chi connectivity index (χ3v) is 4.43. The Morgan fingerprint density at radius 3 is 2.31 bits per heavy atom. The maximum absolute atomic E-state index is 12.0. The van der Waals surface area contributed by atoms with E-state index in [-0.39, 0.29) is 11.5 Å². The molecule has 1 aromatic carbocycles. The summed E-state index contributed by atoms with van der Waals surface area (Å²) in [5.74, 6) is 0. The summed E-state index contributed by atoms with van der Waals surface area (Å²) in [6.07, 6.45) is 0. The minimum absolute atomic E-state index is 0.171. The van der Waals surface area contributed by atoms with E-state index in [0.717, 1.165) is 4.31 Å².